The Balaban J connectivity index is 1.52. The van der Waals surface area contributed by atoms with Crippen LogP contribution < -0.4 is 5.32 Å². The van der Waals surface area contributed by atoms with Gasteiger partial charge in [0.2, 0.25) is 0 Å². The van der Waals surface area contributed by atoms with Crippen LogP contribution in [0.25, 0.3) is 0 Å². The van der Waals surface area contributed by atoms with Crippen molar-refractivity contribution >= 4 is 17.8 Å². The number of nitrogens with one attached hydrogen (secondary N) is 1. The molecule has 0 aromatic heterocycles. The van der Waals surface area contributed by atoms with Gasteiger partial charge in [0.25, 0.3) is 0 Å². The highest BCUT2D eigenvalue weighted by Gasteiger charge is 2.59. The molecule has 2 bridgehead atoms. The Morgan fingerprint density at radius 2 is 1.76 bits per heavy atom. The summed E-state index contributed by atoms with van der Waals surface area (Å²) >= 11 is 0. The lowest BCUT2D eigenvalue weighted by Gasteiger charge is -2.49. The molecule has 1 aliphatic carbocycles. The number of esters is 1. The van der Waals surface area contributed by atoms with Crippen molar-refractivity contribution in [2.45, 2.75) is 153 Å². The van der Waals surface area contributed by atoms with E-state index >= 15 is 0 Å². The first-order chi connectivity index (χ1) is 23.3. The van der Waals surface area contributed by atoms with Gasteiger partial charge in [0.15, 0.2) is 17.7 Å². The van der Waals surface area contributed by atoms with Crippen LogP contribution in [-0.4, -0.2) is 152 Å². The molecule has 2 N–H and O–H groups in total. The van der Waals surface area contributed by atoms with Gasteiger partial charge in [0.05, 0.1) is 23.9 Å². The number of Topliss-reactive ketones (excluding diaryl/α,β-unsaturated/α-hetero) is 1. The number of aliphatic hydroxyl groups excluding tert-OH is 1. The number of rotatable bonds is 7. The third-order valence-corrected chi connectivity index (χ3v) is 12.6. The number of amides is 1. The monoisotopic (exact) mass is 708 g/mol. The second-order valence-electron chi connectivity index (χ2n) is 17.0. The molecule has 0 unspecified atom stereocenters. The fourth-order valence-corrected chi connectivity index (χ4v) is 9.26. The van der Waals surface area contributed by atoms with Gasteiger partial charge in [-0.2, -0.15) is 0 Å². The highest BCUT2D eigenvalue weighted by atomic mass is 16.7. The van der Waals surface area contributed by atoms with Crippen LogP contribution in [0.4, 0.5) is 4.79 Å². The van der Waals surface area contributed by atoms with Gasteiger partial charge in [0.1, 0.15) is 17.6 Å². The van der Waals surface area contributed by atoms with Gasteiger partial charge in [-0.25, -0.2) is 4.79 Å². The number of aliphatic hydroxyl groups is 1. The Kier molecular flexibility index (Phi) is 11.7. The Morgan fingerprint density at radius 3 is 2.38 bits per heavy atom. The average molecular weight is 709 g/mol. The number of carbonyl (C=O) groups excluding carboxylic acids is 3. The fourth-order valence-electron chi connectivity index (χ4n) is 9.26. The Hall–Kier alpha value is -1.87. The number of alkyl carbamates (subject to hydrolysis) is 1. The van der Waals surface area contributed by atoms with Crippen LogP contribution in [0.1, 0.15) is 87.0 Å². The first-order valence-electron chi connectivity index (χ1n) is 18.8. The maximum atomic E-state index is 14.7. The summed E-state index contributed by atoms with van der Waals surface area (Å²) in [6.07, 6.45) is -0.349. The molecule has 50 heavy (non-hydrogen) atoms. The highest BCUT2D eigenvalue weighted by Crippen LogP contribution is 2.43. The van der Waals surface area contributed by atoms with Gasteiger partial charge in [-0.3, -0.25) is 9.59 Å². The molecule has 6 rings (SSSR count). The molecule has 0 spiro atoms. The van der Waals surface area contributed by atoms with Gasteiger partial charge >= 0.3 is 12.1 Å². The number of ketones is 1. The van der Waals surface area contributed by atoms with Crippen molar-refractivity contribution in [3.63, 3.8) is 0 Å². The van der Waals surface area contributed by atoms with E-state index in [0.29, 0.717) is 38.4 Å². The van der Waals surface area contributed by atoms with Crippen molar-refractivity contribution in [1.29, 1.82) is 0 Å². The van der Waals surface area contributed by atoms with Crippen molar-refractivity contribution in [1.82, 2.24) is 20.0 Å². The number of carbonyl (C=O) groups is 3. The van der Waals surface area contributed by atoms with Crippen LogP contribution in [-0.2, 0) is 33.3 Å². The summed E-state index contributed by atoms with van der Waals surface area (Å²) < 4.78 is 32.3. The summed E-state index contributed by atoms with van der Waals surface area (Å²) in [6, 6.07) is -0.317. The smallest absolute Gasteiger partial charge is 0.408 e. The minimum atomic E-state index is -1.56. The van der Waals surface area contributed by atoms with Crippen molar-refractivity contribution in [2.75, 3.05) is 47.9 Å². The van der Waals surface area contributed by atoms with E-state index < -0.39 is 65.2 Å². The number of likely N-dealkylation sites (N-methyl/N-ethyl adjacent to an activating group) is 3. The summed E-state index contributed by atoms with van der Waals surface area (Å²) in [5.41, 5.74) is -3.68. The van der Waals surface area contributed by atoms with Crippen molar-refractivity contribution in [3.05, 3.63) is 0 Å². The largest absolute Gasteiger partial charge is 0.457 e. The Morgan fingerprint density at radius 1 is 1.08 bits per heavy atom. The number of hydrogen-bond donors (Lipinski definition) is 2. The topological polar surface area (TPSA) is 139 Å². The number of fused-ring (bicyclic) bond motifs is 10. The van der Waals surface area contributed by atoms with Crippen LogP contribution in [0.15, 0.2) is 0 Å². The SMILES string of the molecule is CC[C@H]1OC(=O)[C@@]2(C)CCO[C@@](C)(C[C@@H](C)CN(C)[C@H](C)[C@H]3NC(=O)O[C@@]31C)[C@H](O[C@@H]1O[C@H](CN(C)C3CC3)C[C@H](N(C)C)[C@H]1O)[C@@H](C)C2=O. The predicted octanol–water partition coefficient (Wildman–Crippen LogP) is 2.81. The van der Waals surface area contributed by atoms with Crippen molar-refractivity contribution in [3.8, 4) is 0 Å². The van der Waals surface area contributed by atoms with Crippen LogP contribution >= 0.6 is 0 Å². The molecule has 0 aromatic rings. The van der Waals surface area contributed by atoms with Gasteiger partial charge in [-0.05, 0) is 100 Å². The molecular formula is C37H64N4O9. The molecule has 13 heteroatoms. The normalized spacial score (nSPS) is 45.4. The molecule has 1 saturated carbocycles. The molecule has 5 heterocycles. The van der Waals surface area contributed by atoms with Crippen LogP contribution in [0.5, 0.6) is 0 Å². The number of nitrogens with zero attached hydrogens (tertiary/aromatic N) is 3. The molecule has 0 aromatic carbocycles. The molecular weight excluding hydrogens is 644 g/mol. The number of ether oxygens (including phenoxy) is 5. The molecule has 6 aliphatic rings. The minimum absolute atomic E-state index is 0.0626. The van der Waals surface area contributed by atoms with E-state index in [2.05, 4.69) is 29.1 Å². The van der Waals surface area contributed by atoms with Crippen LogP contribution in [0.3, 0.4) is 0 Å². The quantitative estimate of drug-likeness (QED) is 0.297. The zero-order valence-corrected chi connectivity index (χ0v) is 32.3. The van der Waals surface area contributed by atoms with E-state index in [1.165, 1.54) is 12.8 Å². The molecule has 13 atom stereocenters. The third-order valence-electron chi connectivity index (χ3n) is 12.6. The van der Waals surface area contributed by atoms with Gasteiger partial charge in [-0.1, -0.05) is 20.8 Å². The standard InChI is InChI=1S/C37H64N4O9/c1-12-27-37(7)29(38-34(45)50-37)23(4)40(10)19-21(2)18-36(6)31(22(3)30(43)35(5,15-16-46-36)33(44)48-27)49-32-28(42)26(39(8)9)17-25(47-32)20-41(11)24-13-14-24/h21-29,31-32,42H,12-20H2,1-11H3,(H,38,45)/t21-,22+,23-,25+,26+,27-,28-,29-,31-,32+,35+,36+,37-/m1/s1. The van der Waals surface area contributed by atoms with Gasteiger partial charge < -0.3 is 48.8 Å². The summed E-state index contributed by atoms with van der Waals surface area (Å²) in [4.78, 5) is 48.2. The van der Waals surface area contributed by atoms with E-state index in [9.17, 15) is 19.5 Å². The molecule has 6 fully saturated rings. The van der Waals surface area contributed by atoms with E-state index in [-0.39, 0.29) is 42.9 Å². The highest BCUT2D eigenvalue weighted by molar-refractivity contribution is 6.04. The lowest BCUT2D eigenvalue weighted by molar-refractivity contribution is -0.303. The number of hydrogen-bond acceptors (Lipinski definition) is 12. The van der Waals surface area contributed by atoms with Crippen LogP contribution in [0.2, 0.25) is 0 Å². The fraction of sp³-hybridized carbons (Fsp3) is 0.919. The Labute approximate surface area is 299 Å². The lowest BCUT2D eigenvalue weighted by Crippen LogP contribution is -2.62. The molecule has 0 radical (unpaired) electrons. The Bertz CT molecular complexity index is 1250. The maximum Gasteiger partial charge on any atom is 0.408 e. The van der Waals surface area contributed by atoms with E-state index in [0.717, 1.165) is 0 Å². The van der Waals surface area contributed by atoms with Gasteiger partial charge in [-0.15, -0.1) is 0 Å². The van der Waals surface area contributed by atoms with Gasteiger partial charge in [0, 0.05) is 43.7 Å². The first kappa shape index (κ1) is 39.3. The molecule has 13 nitrogen and oxygen atoms in total. The lowest BCUT2D eigenvalue weighted by atomic mass is 9.70. The zero-order valence-electron chi connectivity index (χ0n) is 32.3. The molecule has 1 amide bonds. The van der Waals surface area contributed by atoms with E-state index in [1.807, 2.05) is 46.8 Å². The molecule has 286 valence electrons. The second-order valence-corrected chi connectivity index (χ2v) is 17.0. The van der Waals surface area contributed by atoms with Crippen molar-refractivity contribution in [2.24, 2.45) is 17.3 Å². The van der Waals surface area contributed by atoms with E-state index in [1.54, 1.807) is 20.8 Å². The summed E-state index contributed by atoms with van der Waals surface area (Å²) in [6.45, 7) is 14.7. The predicted molar refractivity (Wildman–Crippen MR) is 186 cm³/mol. The van der Waals surface area contributed by atoms with Crippen molar-refractivity contribution < 1.29 is 43.2 Å². The van der Waals surface area contributed by atoms with Crippen LogP contribution in [0, 0.1) is 17.3 Å². The molecule has 5 aliphatic heterocycles. The zero-order chi connectivity index (χ0) is 36.9. The molecule has 5 saturated heterocycles. The first-order valence-corrected chi connectivity index (χ1v) is 18.8. The summed E-state index contributed by atoms with van der Waals surface area (Å²) in [5.74, 6) is -1.74. The third kappa shape index (κ3) is 7.61. The van der Waals surface area contributed by atoms with E-state index in [4.69, 9.17) is 23.7 Å². The average Bonchev–Trinajstić information content (AvgIpc) is 3.85. The maximum absolute atomic E-state index is 14.7. The summed E-state index contributed by atoms with van der Waals surface area (Å²) in [5, 5.41) is 14.7. The second kappa shape index (κ2) is 14.9. The minimum Gasteiger partial charge on any atom is -0.457 e. The summed E-state index contributed by atoms with van der Waals surface area (Å²) in [7, 11) is 8.02.